The van der Waals surface area contributed by atoms with Crippen LogP contribution in [0.2, 0.25) is 0 Å². The number of carbonyl (C=O) groups is 1. The van der Waals surface area contributed by atoms with Gasteiger partial charge in [-0.3, -0.25) is 0 Å². The van der Waals surface area contributed by atoms with E-state index in [1.165, 1.54) is 23.3 Å². The van der Waals surface area contributed by atoms with E-state index in [2.05, 4.69) is 49.7 Å². The third-order valence-corrected chi connectivity index (χ3v) is 6.22. The maximum Gasteiger partial charge on any atom is 0.140 e. The molecular weight excluding hydrogens is 447 g/mol. The number of halogens is 2. The predicted octanol–water partition coefficient (Wildman–Crippen LogP) is 6.13. The molecule has 1 aromatic rings. The average Bonchev–Trinajstić information content (AvgIpc) is 2.63. The molecule has 0 unspecified atom stereocenters. The van der Waals surface area contributed by atoms with Crippen LogP contribution < -0.4 is 9.84 Å². The lowest BCUT2D eigenvalue weighted by atomic mass is 9.70. The SMILES string of the molecule is COc1c(C(C)=C(F)C=CC(C)=CC(=O)[O-])cc2c(c1Br)C(C)(C)CC=C2C(C)C. The van der Waals surface area contributed by atoms with Gasteiger partial charge in [0.25, 0.3) is 0 Å². The van der Waals surface area contributed by atoms with Gasteiger partial charge in [0.15, 0.2) is 0 Å². The van der Waals surface area contributed by atoms with Crippen molar-refractivity contribution in [1.29, 1.82) is 0 Å². The quantitative estimate of drug-likeness (QED) is 0.367. The summed E-state index contributed by atoms with van der Waals surface area (Å²) in [5.74, 6) is -0.847. The van der Waals surface area contributed by atoms with E-state index in [1.807, 2.05) is 6.07 Å². The van der Waals surface area contributed by atoms with E-state index in [-0.39, 0.29) is 5.41 Å². The zero-order valence-electron chi connectivity index (χ0n) is 18.7. The van der Waals surface area contributed by atoms with Gasteiger partial charge in [0.2, 0.25) is 0 Å². The zero-order chi connectivity index (χ0) is 22.8. The molecule has 0 spiro atoms. The molecule has 0 radical (unpaired) electrons. The van der Waals surface area contributed by atoms with Gasteiger partial charge in [-0.2, -0.15) is 0 Å². The smallest absolute Gasteiger partial charge is 0.140 e. The van der Waals surface area contributed by atoms with Crippen molar-refractivity contribution in [3.8, 4) is 5.75 Å². The first kappa shape index (κ1) is 24.1. The molecule has 1 aliphatic rings. The lowest BCUT2D eigenvalue weighted by molar-refractivity contribution is -0.297. The molecule has 5 heteroatoms. The highest BCUT2D eigenvalue weighted by Gasteiger charge is 2.34. The second-order valence-electron chi connectivity index (χ2n) is 8.61. The largest absolute Gasteiger partial charge is 0.545 e. The number of rotatable bonds is 6. The molecule has 0 heterocycles. The first-order valence-electron chi connectivity index (χ1n) is 9.96. The Kier molecular flexibility index (Phi) is 7.51. The van der Waals surface area contributed by atoms with Gasteiger partial charge in [-0.25, -0.2) is 4.39 Å². The van der Waals surface area contributed by atoms with Crippen LogP contribution in [0.3, 0.4) is 0 Å². The monoisotopic (exact) mass is 475 g/mol. The fourth-order valence-electron chi connectivity index (χ4n) is 3.82. The number of methoxy groups -OCH3 is 1. The van der Waals surface area contributed by atoms with Gasteiger partial charge in [0.1, 0.15) is 11.6 Å². The number of carbonyl (C=O) groups excluding carboxylic acids is 1. The van der Waals surface area contributed by atoms with Crippen LogP contribution >= 0.6 is 15.9 Å². The normalized spacial score (nSPS) is 17.0. The van der Waals surface area contributed by atoms with Crippen molar-refractivity contribution in [3.05, 3.63) is 62.9 Å². The number of carboxylic acid groups (broad SMARTS) is 1. The van der Waals surface area contributed by atoms with Gasteiger partial charge in [0.05, 0.1) is 17.6 Å². The van der Waals surface area contributed by atoms with Crippen LogP contribution in [0, 0.1) is 5.92 Å². The first-order chi connectivity index (χ1) is 13.9. The molecule has 162 valence electrons. The fraction of sp³-hybridized carbons (Fsp3) is 0.400. The van der Waals surface area contributed by atoms with Gasteiger partial charge in [-0.1, -0.05) is 39.8 Å². The summed E-state index contributed by atoms with van der Waals surface area (Å²) >= 11 is 3.74. The van der Waals surface area contributed by atoms with Crippen molar-refractivity contribution >= 4 is 33.0 Å². The molecule has 30 heavy (non-hydrogen) atoms. The lowest BCUT2D eigenvalue weighted by Gasteiger charge is -2.35. The Balaban J connectivity index is 2.71. The number of benzene rings is 1. The summed E-state index contributed by atoms with van der Waals surface area (Å²) in [6.45, 7) is 12.0. The molecule has 0 fully saturated rings. The molecule has 0 aromatic heterocycles. The maximum atomic E-state index is 15.0. The number of aliphatic carboxylic acids is 1. The Morgan fingerprint density at radius 3 is 2.47 bits per heavy atom. The van der Waals surface area contributed by atoms with Crippen LogP contribution in [0.5, 0.6) is 5.75 Å². The van der Waals surface area contributed by atoms with Crippen molar-refractivity contribution in [3.63, 3.8) is 0 Å². The summed E-state index contributed by atoms with van der Waals surface area (Å²) in [4.78, 5) is 10.7. The Morgan fingerprint density at radius 1 is 1.30 bits per heavy atom. The summed E-state index contributed by atoms with van der Waals surface area (Å²) in [7, 11) is 1.58. The third kappa shape index (κ3) is 4.94. The summed E-state index contributed by atoms with van der Waals surface area (Å²) in [6, 6.07) is 2.01. The molecule has 2 rings (SSSR count). The Hall–Kier alpha value is -2.14. The molecule has 0 saturated heterocycles. The van der Waals surface area contributed by atoms with Gasteiger partial charge in [0, 0.05) is 5.56 Å². The van der Waals surface area contributed by atoms with Gasteiger partial charge in [-0.15, -0.1) is 0 Å². The molecule has 0 N–H and O–H groups in total. The van der Waals surface area contributed by atoms with Gasteiger partial charge in [-0.05, 0) is 93.6 Å². The standard InChI is InChI=1S/C25H30BrFO3/c1-14(2)17-10-11-25(5,6)22-19(17)13-18(24(30-7)23(22)26)16(4)20(27)9-8-15(3)12-21(28)29/h8-10,12-14H,11H2,1-7H3,(H,28,29)/p-1. The highest BCUT2D eigenvalue weighted by molar-refractivity contribution is 9.10. The molecule has 0 bridgehead atoms. The summed E-state index contributed by atoms with van der Waals surface area (Å²) in [5, 5.41) is 10.7. The predicted molar refractivity (Wildman–Crippen MR) is 123 cm³/mol. The molecule has 0 saturated carbocycles. The second-order valence-corrected chi connectivity index (χ2v) is 9.40. The minimum atomic E-state index is -1.31. The van der Waals surface area contributed by atoms with E-state index >= 15 is 0 Å². The molecule has 1 aromatic carbocycles. The molecule has 1 aliphatic carbocycles. The Bertz CT molecular complexity index is 979. The van der Waals surface area contributed by atoms with E-state index in [0.29, 0.717) is 28.4 Å². The van der Waals surface area contributed by atoms with Crippen molar-refractivity contribution in [2.45, 2.75) is 53.4 Å². The molecule has 3 nitrogen and oxygen atoms in total. The molecule has 0 atom stereocenters. The van der Waals surface area contributed by atoms with Crippen LogP contribution in [0.15, 0.2) is 46.2 Å². The van der Waals surface area contributed by atoms with E-state index in [4.69, 9.17) is 4.74 Å². The highest BCUT2D eigenvalue weighted by atomic mass is 79.9. The molecule has 0 aliphatic heterocycles. The van der Waals surface area contributed by atoms with E-state index in [1.54, 1.807) is 21.0 Å². The van der Waals surface area contributed by atoms with E-state index in [0.717, 1.165) is 22.5 Å². The van der Waals surface area contributed by atoms with Crippen LogP contribution in [-0.2, 0) is 10.2 Å². The number of ether oxygens (including phenoxy) is 1. The zero-order valence-corrected chi connectivity index (χ0v) is 20.2. The minimum absolute atomic E-state index is 0.0821. The Labute approximate surface area is 187 Å². The van der Waals surface area contributed by atoms with Crippen LogP contribution in [0.4, 0.5) is 4.39 Å². The average molecular weight is 476 g/mol. The van der Waals surface area contributed by atoms with E-state index in [9.17, 15) is 14.3 Å². The number of allylic oxidation sites excluding steroid dienone is 7. The highest BCUT2D eigenvalue weighted by Crippen LogP contribution is 2.50. The number of fused-ring (bicyclic) bond motifs is 1. The van der Waals surface area contributed by atoms with Crippen molar-refractivity contribution < 1.29 is 19.0 Å². The summed E-state index contributed by atoms with van der Waals surface area (Å²) in [6.07, 6.45) is 6.80. The number of hydrogen-bond donors (Lipinski definition) is 0. The Morgan fingerprint density at radius 2 is 1.93 bits per heavy atom. The minimum Gasteiger partial charge on any atom is -0.545 e. The van der Waals surface area contributed by atoms with E-state index < -0.39 is 11.8 Å². The topological polar surface area (TPSA) is 49.4 Å². The third-order valence-electron chi connectivity index (χ3n) is 5.47. The second kappa shape index (κ2) is 9.34. The number of hydrogen-bond acceptors (Lipinski definition) is 3. The van der Waals surface area contributed by atoms with Gasteiger partial charge >= 0.3 is 0 Å². The fourth-order valence-corrected chi connectivity index (χ4v) is 4.94. The van der Waals surface area contributed by atoms with Crippen LogP contribution in [-0.4, -0.2) is 13.1 Å². The van der Waals surface area contributed by atoms with Crippen LogP contribution in [0.25, 0.3) is 11.1 Å². The van der Waals surface area contributed by atoms with Crippen molar-refractivity contribution in [1.82, 2.24) is 0 Å². The molecule has 0 amide bonds. The first-order valence-corrected chi connectivity index (χ1v) is 10.8. The summed E-state index contributed by atoms with van der Waals surface area (Å²) in [5.41, 5.74) is 4.91. The number of carboxylic acids is 1. The lowest BCUT2D eigenvalue weighted by Crippen LogP contribution is -2.24. The van der Waals surface area contributed by atoms with Gasteiger partial charge < -0.3 is 14.6 Å². The maximum absolute atomic E-state index is 15.0. The summed E-state index contributed by atoms with van der Waals surface area (Å²) < 4.78 is 21.5. The van der Waals surface area contributed by atoms with Crippen molar-refractivity contribution in [2.75, 3.05) is 7.11 Å². The molecular formula is C25H29BrFO3-. The van der Waals surface area contributed by atoms with Crippen molar-refractivity contribution in [2.24, 2.45) is 5.92 Å². The van der Waals surface area contributed by atoms with Crippen LogP contribution in [0.1, 0.15) is 64.7 Å².